The molecule has 4 N–H and O–H groups in total. The second kappa shape index (κ2) is 6.09. The quantitative estimate of drug-likeness (QED) is 0.726. The molecule has 1 unspecified atom stereocenters. The smallest absolute Gasteiger partial charge is 0.257 e. The summed E-state index contributed by atoms with van der Waals surface area (Å²) >= 11 is 0. The van der Waals surface area contributed by atoms with Gasteiger partial charge in [-0.1, -0.05) is 13.3 Å². The fourth-order valence-corrected chi connectivity index (χ4v) is 2.32. The number of nitrogens with one attached hydrogen (secondary N) is 1. The number of hydrogen-bond acceptors (Lipinski definition) is 4. The summed E-state index contributed by atoms with van der Waals surface area (Å²) in [6.07, 6.45) is 0.305. The van der Waals surface area contributed by atoms with Crippen molar-refractivity contribution in [2.24, 2.45) is 5.73 Å². The third-order valence-electron chi connectivity index (χ3n) is 3.39. The number of rotatable bonds is 6. The first-order chi connectivity index (χ1) is 9.93. The molecule has 1 atom stereocenters. The van der Waals surface area contributed by atoms with E-state index < -0.39 is 23.7 Å². The van der Waals surface area contributed by atoms with E-state index in [9.17, 15) is 19.1 Å². The first-order valence-corrected chi connectivity index (χ1v) is 6.79. The minimum absolute atomic E-state index is 0.105. The first kappa shape index (κ1) is 15.2. The fourth-order valence-electron chi connectivity index (χ4n) is 2.32. The van der Waals surface area contributed by atoms with Crippen LogP contribution in [0.25, 0.3) is 0 Å². The van der Waals surface area contributed by atoms with E-state index in [0.29, 0.717) is 12.2 Å². The minimum atomic E-state index is -1.36. The Kier molecular flexibility index (Phi) is 4.42. The van der Waals surface area contributed by atoms with Gasteiger partial charge in [-0.2, -0.15) is 0 Å². The van der Waals surface area contributed by atoms with Crippen LogP contribution in [0.3, 0.4) is 0 Å². The van der Waals surface area contributed by atoms with Gasteiger partial charge in [-0.05, 0) is 18.6 Å². The number of fused-ring (bicyclic) bond motifs is 1. The lowest BCUT2D eigenvalue weighted by molar-refractivity contribution is -0.123. The number of carbonyl (C=O) groups is 2. The monoisotopic (exact) mass is 295 g/mol. The number of aliphatic hydroxyl groups is 1. The topological polar surface area (TPSA) is 95.7 Å². The van der Waals surface area contributed by atoms with Gasteiger partial charge in [0.25, 0.3) is 5.91 Å². The van der Waals surface area contributed by atoms with E-state index in [4.69, 9.17) is 5.73 Å². The van der Waals surface area contributed by atoms with Crippen LogP contribution in [0.5, 0.6) is 0 Å². The molecule has 0 saturated carbocycles. The lowest BCUT2D eigenvalue weighted by atomic mass is 10.1. The molecule has 0 bridgehead atoms. The molecule has 6 nitrogen and oxygen atoms in total. The van der Waals surface area contributed by atoms with Crippen molar-refractivity contribution < 1.29 is 19.1 Å². The van der Waals surface area contributed by atoms with E-state index in [2.05, 4.69) is 5.32 Å². The molecule has 114 valence electrons. The molecule has 1 aromatic rings. The van der Waals surface area contributed by atoms with E-state index in [1.165, 1.54) is 11.0 Å². The van der Waals surface area contributed by atoms with E-state index in [-0.39, 0.29) is 17.8 Å². The molecule has 1 aliphatic rings. The van der Waals surface area contributed by atoms with Gasteiger partial charge in [0.1, 0.15) is 5.82 Å². The minimum Gasteiger partial charge on any atom is -0.378 e. The Hall–Kier alpha value is -2.15. The van der Waals surface area contributed by atoms with Crippen molar-refractivity contribution in [2.45, 2.75) is 25.9 Å². The lowest BCUT2D eigenvalue weighted by Gasteiger charge is -2.24. The summed E-state index contributed by atoms with van der Waals surface area (Å²) in [5, 5.41) is 12.1. The molecule has 0 aromatic heterocycles. The molecule has 0 spiro atoms. The Labute approximate surface area is 121 Å². The maximum absolute atomic E-state index is 14.2. The molecule has 0 aliphatic carbocycles. The average molecular weight is 295 g/mol. The number of aliphatic hydroxyl groups excluding tert-OH is 1. The zero-order valence-electron chi connectivity index (χ0n) is 11.7. The highest BCUT2D eigenvalue weighted by molar-refractivity contribution is 6.02. The van der Waals surface area contributed by atoms with Gasteiger partial charge in [-0.3, -0.25) is 9.59 Å². The molecule has 1 aliphatic heterocycles. The summed E-state index contributed by atoms with van der Waals surface area (Å²) in [7, 11) is 0. The Morgan fingerprint density at radius 3 is 2.86 bits per heavy atom. The van der Waals surface area contributed by atoms with Crippen LogP contribution in [0.15, 0.2) is 12.1 Å². The molecule has 0 radical (unpaired) electrons. The van der Waals surface area contributed by atoms with Crippen LogP contribution >= 0.6 is 0 Å². The Morgan fingerprint density at radius 2 is 2.24 bits per heavy atom. The van der Waals surface area contributed by atoms with E-state index in [0.717, 1.165) is 18.9 Å². The Bertz CT molecular complexity index is 577. The largest absolute Gasteiger partial charge is 0.378 e. The van der Waals surface area contributed by atoms with Crippen molar-refractivity contribution >= 4 is 23.2 Å². The number of carbonyl (C=O) groups excluding carboxylic acids is 2. The van der Waals surface area contributed by atoms with Crippen LogP contribution in [-0.2, 0) is 9.59 Å². The molecule has 2 rings (SSSR count). The standard InChI is InChI=1S/C14H18FN3O3/c1-2-3-4-18(7-12(16)19)11-6-10-8(5-9(11)15)13(20)14(21)17-10/h5-6,13,20H,2-4,7H2,1H3,(H2,16,19)(H,17,21). The summed E-state index contributed by atoms with van der Waals surface area (Å²) in [6, 6.07) is 2.55. The molecule has 2 amide bonds. The number of unbranched alkanes of at least 4 members (excludes halogenated alkanes) is 1. The zero-order chi connectivity index (χ0) is 15.6. The van der Waals surface area contributed by atoms with E-state index >= 15 is 0 Å². The van der Waals surface area contributed by atoms with Crippen molar-refractivity contribution in [3.8, 4) is 0 Å². The van der Waals surface area contributed by atoms with Crippen LogP contribution < -0.4 is 16.0 Å². The summed E-state index contributed by atoms with van der Waals surface area (Å²) < 4.78 is 14.2. The van der Waals surface area contributed by atoms with Gasteiger partial charge in [-0.15, -0.1) is 0 Å². The van der Waals surface area contributed by atoms with Crippen molar-refractivity contribution in [3.63, 3.8) is 0 Å². The van der Waals surface area contributed by atoms with Gasteiger partial charge in [0, 0.05) is 17.8 Å². The molecule has 7 heteroatoms. The highest BCUT2D eigenvalue weighted by Gasteiger charge is 2.30. The predicted molar refractivity (Wildman–Crippen MR) is 76.3 cm³/mol. The molecule has 0 fully saturated rings. The SMILES string of the molecule is CCCCN(CC(N)=O)c1cc2c(cc1F)C(O)C(=O)N2. The number of anilines is 2. The molecular weight excluding hydrogens is 277 g/mol. The van der Waals surface area contributed by atoms with Crippen molar-refractivity contribution in [3.05, 3.63) is 23.5 Å². The second-order valence-corrected chi connectivity index (χ2v) is 5.02. The van der Waals surface area contributed by atoms with Crippen molar-refractivity contribution in [2.75, 3.05) is 23.3 Å². The third-order valence-corrected chi connectivity index (χ3v) is 3.39. The van der Waals surface area contributed by atoms with Gasteiger partial charge in [-0.25, -0.2) is 4.39 Å². The zero-order valence-corrected chi connectivity index (χ0v) is 11.7. The van der Waals surface area contributed by atoms with E-state index in [1.807, 2.05) is 6.92 Å². The van der Waals surface area contributed by atoms with Crippen LogP contribution in [-0.4, -0.2) is 30.0 Å². The maximum Gasteiger partial charge on any atom is 0.257 e. The summed E-state index contributed by atoms with van der Waals surface area (Å²) in [4.78, 5) is 24.1. The maximum atomic E-state index is 14.2. The highest BCUT2D eigenvalue weighted by Crippen LogP contribution is 2.35. The van der Waals surface area contributed by atoms with Crippen LogP contribution in [0, 0.1) is 5.82 Å². The highest BCUT2D eigenvalue weighted by atomic mass is 19.1. The van der Waals surface area contributed by atoms with Crippen LogP contribution in [0.1, 0.15) is 31.4 Å². The van der Waals surface area contributed by atoms with Gasteiger partial charge >= 0.3 is 0 Å². The molecule has 1 aromatic carbocycles. The number of nitrogens with zero attached hydrogens (tertiary/aromatic N) is 1. The summed E-state index contributed by atoms with van der Waals surface area (Å²) in [5.41, 5.74) is 5.95. The van der Waals surface area contributed by atoms with Crippen LogP contribution in [0.4, 0.5) is 15.8 Å². The number of amides is 2. The Morgan fingerprint density at radius 1 is 1.52 bits per heavy atom. The Balaban J connectivity index is 2.35. The number of primary amides is 1. The average Bonchev–Trinajstić information content (AvgIpc) is 2.69. The summed E-state index contributed by atoms with van der Waals surface area (Å²) in [5.74, 6) is -1.74. The lowest BCUT2D eigenvalue weighted by Crippen LogP contribution is -2.35. The fraction of sp³-hybridized carbons (Fsp3) is 0.429. The number of hydrogen-bond donors (Lipinski definition) is 3. The summed E-state index contributed by atoms with van der Waals surface area (Å²) in [6.45, 7) is 2.36. The number of nitrogens with two attached hydrogens (primary N) is 1. The number of halogens is 1. The predicted octanol–water partition coefficient (Wildman–Crippen LogP) is 0.903. The second-order valence-electron chi connectivity index (χ2n) is 5.02. The van der Waals surface area contributed by atoms with Gasteiger partial charge < -0.3 is 21.1 Å². The first-order valence-electron chi connectivity index (χ1n) is 6.79. The third kappa shape index (κ3) is 3.13. The molecule has 1 heterocycles. The molecular formula is C14H18FN3O3. The molecule has 0 saturated heterocycles. The van der Waals surface area contributed by atoms with Crippen molar-refractivity contribution in [1.82, 2.24) is 0 Å². The molecule has 21 heavy (non-hydrogen) atoms. The van der Waals surface area contributed by atoms with Crippen molar-refractivity contribution in [1.29, 1.82) is 0 Å². The van der Waals surface area contributed by atoms with Gasteiger partial charge in [0.2, 0.25) is 5.91 Å². The van der Waals surface area contributed by atoms with Crippen LogP contribution in [0.2, 0.25) is 0 Å². The van der Waals surface area contributed by atoms with Gasteiger partial charge in [0.15, 0.2) is 6.10 Å². The van der Waals surface area contributed by atoms with E-state index in [1.54, 1.807) is 0 Å². The normalized spacial score (nSPS) is 16.5. The number of benzene rings is 1. The van der Waals surface area contributed by atoms with Gasteiger partial charge in [0.05, 0.1) is 12.2 Å².